The van der Waals surface area contributed by atoms with Gasteiger partial charge < -0.3 is 9.15 Å². The predicted octanol–water partition coefficient (Wildman–Crippen LogP) is 6.80. The largest absolute Gasteiger partial charge is 0.463 e. The summed E-state index contributed by atoms with van der Waals surface area (Å²) in [6.45, 7) is 0. The minimum absolute atomic E-state index is 0.143. The van der Waals surface area contributed by atoms with Crippen LogP contribution in [0.2, 0.25) is 0 Å². The minimum Gasteiger partial charge on any atom is -0.463 e. The fraction of sp³-hybridized carbons (Fsp3) is 0. The Balaban J connectivity index is 1.48. The van der Waals surface area contributed by atoms with Crippen LogP contribution in [0.5, 0.6) is 5.75 Å². The first-order valence-electron chi connectivity index (χ1n) is 10.4. The van der Waals surface area contributed by atoms with Gasteiger partial charge in [-0.2, -0.15) is 0 Å². The van der Waals surface area contributed by atoms with Gasteiger partial charge in [-0.05, 0) is 42.0 Å². The van der Waals surface area contributed by atoms with Crippen molar-refractivity contribution in [2.24, 2.45) is 0 Å². The maximum Gasteiger partial charge on any atom is 0.424 e. The number of anilines is 2. The molecule has 0 fully saturated rings. The number of nitrogens with zero attached hydrogens (tertiary/aromatic N) is 1. The zero-order chi connectivity index (χ0) is 22.6. The number of amides is 1. The topological polar surface area (TPSA) is 59.8 Å². The first kappa shape index (κ1) is 20.3. The van der Waals surface area contributed by atoms with E-state index in [0.29, 0.717) is 27.9 Å². The number of hydrogen-bond donors (Lipinski definition) is 0. The fourth-order valence-electron chi connectivity index (χ4n) is 3.65. The summed E-state index contributed by atoms with van der Waals surface area (Å²) in [6, 6.07) is 32.6. The Bertz CT molecular complexity index is 1420. The van der Waals surface area contributed by atoms with E-state index in [9.17, 15) is 9.59 Å². The summed E-state index contributed by atoms with van der Waals surface area (Å²) < 4.78 is 11.4. The monoisotopic (exact) mass is 433 g/mol. The van der Waals surface area contributed by atoms with E-state index in [4.69, 9.17) is 9.15 Å². The lowest BCUT2D eigenvalue weighted by Gasteiger charge is -2.22. The van der Waals surface area contributed by atoms with Gasteiger partial charge in [0.2, 0.25) is 0 Å². The van der Waals surface area contributed by atoms with E-state index < -0.39 is 6.09 Å². The molecule has 4 aromatic carbocycles. The maximum atomic E-state index is 13.2. The van der Waals surface area contributed by atoms with Gasteiger partial charge in [0.1, 0.15) is 17.6 Å². The van der Waals surface area contributed by atoms with Gasteiger partial charge in [0, 0.05) is 6.07 Å². The third kappa shape index (κ3) is 4.12. The van der Waals surface area contributed by atoms with Crippen molar-refractivity contribution in [1.82, 2.24) is 0 Å². The normalized spacial score (nSPS) is 10.7. The van der Waals surface area contributed by atoms with Crippen molar-refractivity contribution in [3.8, 4) is 16.9 Å². The molecule has 0 unspecified atom stereocenters. The Hall–Kier alpha value is -4.64. The highest BCUT2D eigenvalue weighted by Gasteiger charge is 2.20. The Morgan fingerprint density at radius 3 is 1.91 bits per heavy atom. The molecule has 5 nitrogen and oxygen atoms in total. The molecule has 0 aliphatic heterocycles. The number of fused-ring (bicyclic) bond motifs is 1. The van der Waals surface area contributed by atoms with Crippen molar-refractivity contribution in [3.05, 3.63) is 126 Å². The van der Waals surface area contributed by atoms with Crippen molar-refractivity contribution in [3.63, 3.8) is 0 Å². The quantitative estimate of drug-likeness (QED) is 0.313. The Morgan fingerprint density at radius 2 is 1.30 bits per heavy atom. The van der Waals surface area contributed by atoms with Crippen LogP contribution in [0.15, 0.2) is 125 Å². The minimum atomic E-state index is -0.574. The molecule has 5 rings (SSSR count). The Kier molecular flexibility index (Phi) is 5.43. The summed E-state index contributed by atoms with van der Waals surface area (Å²) >= 11 is 0. The van der Waals surface area contributed by atoms with Crippen molar-refractivity contribution < 1.29 is 13.9 Å². The van der Waals surface area contributed by atoms with Gasteiger partial charge >= 0.3 is 6.09 Å². The molecule has 0 spiro atoms. The van der Waals surface area contributed by atoms with Crippen LogP contribution in [-0.2, 0) is 0 Å². The Morgan fingerprint density at radius 1 is 0.727 bits per heavy atom. The molecule has 0 aliphatic carbocycles. The molecule has 0 saturated carbocycles. The molecule has 0 aliphatic rings. The van der Waals surface area contributed by atoms with Crippen molar-refractivity contribution >= 4 is 28.4 Å². The predicted molar refractivity (Wildman–Crippen MR) is 129 cm³/mol. The van der Waals surface area contributed by atoms with Gasteiger partial charge in [0.15, 0.2) is 5.43 Å². The van der Waals surface area contributed by atoms with Gasteiger partial charge in [-0.1, -0.05) is 66.7 Å². The lowest BCUT2D eigenvalue weighted by molar-refractivity contribution is 0.210. The van der Waals surface area contributed by atoms with Crippen molar-refractivity contribution in [1.29, 1.82) is 0 Å². The van der Waals surface area contributed by atoms with E-state index in [0.717, 1.165) is 5.56 Å². The number of benzene rings is 4. The van der Waals surface area contributed by atoms with Gasteiger partial charge in [-0.25, -0.2) is 9.69 Å². The number of rotatable bonds is 4. The van der Waals surface area contributed by atoms with Crippen LogP contribution in [0, 0.1) is 0 Å². The van der Waals surface area contributed by atoms with E-state index in [1.54, 1.807) is 18.2 Å². The average Bonchev–Trinajstić information content (AvgIpc) is 2.86. The SMILES string of the molecule is O=C(Oc1ccc2c(=O)c(-c3ccccc3)coc2c1)N(c1ccccc1)c1ccccc1. The molecule has 0 saturated heterocycles. The summed E-state index contributed by atoms with van der Waals surface area (Å²) in [6.07, 6.45) is 0.862. The number of para-hydroxylation sites is 2. The molecule has 160 valence electrons. The van der Waals surface area contributed by atoms with E-state index in [1.165, 1.54) is 11.2 Å². The molecular formula is C28H19NO4. The molecule has 5 heteroatoms. The highest BCUT2D eigenvalue weighted by Crippen LogP contribution is 2.28. The molecular weight excluding hydrogens is 414 g/mol. The summed E-state index contributed by atoms with van der Waals surface area (Å²) in [7, 11) is 0. The van der Waals surface area contributed by atoms with Gasteiger partial charge in [-0.15, -0.1) is 0 Å². The van der Waals surface area contributed by atoms with E-state index in [2.05, 4.69) is 0 Å². The lowest BCUT2D eigenvalue weighted by Crippen LogP contribution is -2.29. The molecule has 1 heterocycles. The lowest BCUT2D eigenvalue weighted by atomic mass is 10.1. The number of ether oxygens (including phenoxy) is 1. The van der Waals surface area contributed by atoms with Gasteiger partial charge in [-0.3, -0.25) is 4.79 Å². The van der Waals surface area contributed by atoms with Crippen LogP contribution in [0.1, 0.15) is 0 Å². The highest BCUT2D eigenvalue weighted by molar-refractivity contribution is 5.97. The molecule has 5 aromatic rings. The zero-order valence-electron chi connectivity index (χ0n) is 17.5. The van der Waals surface area contributed by atoms with E-state index in [-0.39, 0.29) is 11.2 Å². The molecule has 1 aromatic heterocycles. The van der Waals surface area contributed by atoms with Crippen LogP contribution in [0.25, 0.3) is 22.1 Å². The third-order valence-electron chi connectivity index (χ3n) is 5.25. The second kappa shape index (κ2) is 8.85. The second-order valence-electron chi connectivity index (χ2n) is 7.38. The third-order valence-corrected chi connectivity index (χ3v) is 5.25. The van der Waals surface area contributed by atoms with Crippen LogP contribution in [0.4, 0.5) is 16.2 Å². The summed E-state index contributed by atoms with van der Waals surface area (Å²) in [5, 5.41) is 0.416. The van der Waals surface area contributed by atoms with Crippen LogP contribution in [-0.4, -0.2) is 6.09 Å². The van der Waals surface area contributed by atoms with Gasteiger partial charge in [0.05, 0.1) is 22.3 Å². The summed E-state index contributed by atoms with van der Waals surface area (Å²) in [5.74, 6) is 0.278. The standard InChI is InChI=1S/C28H19NO4/c30-27-24-17-16-23(18-26(24)32-19-25(27)20-10-4-1-5-11-20)33-28(31)29(21-12-6-2-7-13-21)22-14-8-3-9-15-22/h1-19H. The van der Waals surface area contributed by atoms with Crippen LogP contribution < -0.4 is 15.1 Å². The smallest absolute Gasteiger partial charge is 0.424 e. The maximum absolute atomic E-state index is 13.2. The average molecular weight is 433 g/mol. The first-order valence-corrected chi connectivity index (χ1v) is 10.4. The molecule has 0 radical (unpaired) electrons. The van der Waals surface area contributed by atoms with Crippen LogP contribution >= 0.6 is 0 Å². The summed E-state index contributed by atoms with van der Waals surface area (Å²) in [5.41, 5.74) is 2.81. The highest BCUT2D eigenvalue weighted by atomic mass is 16.6. The van der Waals surface area contributed by atoms with Crippen molar-refractivity contribution in [2.45, 2.75) is 0 Å². The van der Waals surface area contributed by atoms with Crippen molar-refractivity contribution in [2.75, 3.05) is 4.90 Å². The zero-order valence-corrected chi connectivity index (χ0v) is 17.5. The number of hydrogen-bond acceptors (Lipinski definition) is 4. The van der Waals surface area contributed by atoms with E-state index >= 15 is 0 Å². The van der Waals surface area contributed by atoms with Gasteiger partial charge in [0.25, 0.3) is 0 Å². The molecule has 33 heavy (non-hydrogen) atoms. The summed E-state index contributed by atoms with van der Waals surface area (Å²) in [4.78, 5) is 27.6. The first-order chi connectivity index (χ1) is 16.2. The molecule has 0 bridgehead atoms. The fourth-order valence-corrected chi connectivity index (χ4v) is 3.65. The molecule has 0 atom stereocenters. The molecule has 1 amide bonds. The van der Waals surface area contributed by atoms with Crippen LogP contribution in [0.3, 0.4) is 0 Å². The Labute approximate surface area is 190 Å². The molecule has 0 N–H and O–H groups in total. The number of carbonyl (C=O) groups is 1. The number of carbonyl (C=O) groups excluding carboxylic acids is 1. The van der Waals surface area contributed by atoms with E-state index in [1.807, 2.05) is 91.0 Å². The second-order valence-corrected chi connectivity index (χ2v) is 7.38.